The van der Waals surface area contributed by atoms with Crippen LogP contribution >= 0.6 is 34.3 Å². The van der Waals surface area contributed by atoms with Crippen molar-refractivity contribution in [3.05, 3.63) is 51.0 Å². The molecule has 0 bridgehead atoms. The number of aromatic nitrogens is 1. The zero-order chi connectivity index (χ0) is 14.8. The topological polar surface area (TPSA) is 39.2 Å². The molecule has 0 atom stereocenters. The lowest BCUT2D eigenvalue weighted by molar-refractivity contribution is 0.0601. The van der Waals surface area contributed by atoms with Gasteiger partial charge in [-0.2, -0.15) is 0 Å². The lowest BCUT2D eigenvalue weighted by atomic mass is 10.1. The number of ether oxygens (including phenoxy) is 1. The van der Waals surface area contributed by atoms with Gasteiger partial charge in [0.05, 0.1) is 22.7 Å². The SMILES string of the molecule is COC(=O)c1cccc(-c2nc(-c3csc(Cl)c3)cs2)c1. The molecule has 3 rings (SSSR count). The normalized spacial score (nSPS) is 10.6. The van der Waals surface area contributed by atoms with Crippen LogP contribution in [0.3, 0.4) is 0 Å². The van der Waals surface area contributed by atoms with E-state index in [1.807, 2.05) is 29.0 Å². The Labute approximate surface area is 134 Å². The van der Waals surface area contributed by atoms with E-state index < -0.39 is 0 Å². The molecule has 6 heteroatoms. The summed E-state index contributed by atoms with van der Waals surface area (Å²) in [5.41, 5.74) is 3.32. The number of hydrogen-bond donors (Lipinski definition) is 0. The van der Waals surface area contributed by atoms with E-state index >= 15 is 0 Å². The van der Waals surface area contributed by atoms with E-state index in [9.17, 15) is 4.79 Å². The van der Waals surface area contributed by atoms with Crippen molar-refractivity contribution in [2.24, 2.45) is 0 Å². The van der Waals surface area contributed by atoms with E-state index in [0.29, 0.717) is 5.56 Å². The van der Waals surface area contributed by atoms with Crippen LogP contribution in [0.2, 0.25) is 4.34 Å². The van der Waals surface area contributed by atoms with Crippen LogP contribution in [0, 0.1) is 0 Å². The second kappa shape index (κ2) is 5.97. The number of halogens is 1. The fourth-order valence-electron chi connectivity index (χ4n) is 1.88. The molecule has 0 saturated carbocycles. The lowest BCUT2D eigenvalue weighted by Crippen LogP contribution is -2.00. The average molecular weight is 336 g/mol. The largest absolute Gasteiger partial charge is 0.465 e. The Bertz CT molecular complexity index is 794. The minimum Gasteiger partial charge on any atom is -0.465 e. The second-order valence-corrected chi connectivity index (χ2v) is 6.65. The standard InChI is InChI=1S/C15H10ClNO2S2/c1-19-15(18)10-4-2-3-9(5-10)14-17-12(8-21-14)11-6-13(16)20-7-11/h2-8H,1H3. The van der Waals surface area contributed by atoms with Crippen LogP contribution in [-0.2, 0) is 4.74 Å². The predicted molar refractivity (Wildman–Crippen MR) is 87.2 cm³/mol. The maximum absolute atomic E-state index is 11.6. The van der Waals surface area contributed by atoms with Crippen LogP contribution < -0.4 is 0 Å². The number of thiophene rings is 1. The molecule has 0 unspecified atom stereocenters. The number of nitrogens with zero attached hydrogens (tertiary/aromatic N) is 1. The van der Waals surface area contributed by atoms with Crippen LogP contribution in [0.5, 0.6) is 0 Å². The monoisotopic (exact) mass is 335 g/mol. The number of hydrogen-bond acceptors (Lipinski definition) is 5. The van der Waals surface area contributed by atoms with Gasteiger partial charge in [0.2, 0.25) is 0 Å². The minimum atomic E-state index is -0.349. The van der Waals surface area contributed by atoms with Crippen LogP contribution in [0.15, 0.2) is 41.1 Å². The molecule has 0 spiro atoms. The first-order chi connectivity index (χ1) is 10.2. The summed E-state index contributed by atoms with van der Waals surface area (Å²) in [6, 6.07) is 9.16. The van der Waals surface area contributed by atoms with Crippen molar-refractivity contribution in [2.75, 3.05) is 7.11 Å². The Morgan fingerprint density at radius 2 is 2.05 bits per heavy atom. The van der Waals surface area contributed by atoms with Gasteiger partial charge in [0.25, 0.3) is 0 Å². The number of rotatable bonds is 3. The van der Waals surface area contributed by atoms with Gasteiger partial charge < -0.3 is 4.74 Å². The van der Waals surface area contributed by atoms with Gasteiger partial charge >= 0.3 is 5.97 Å². The van der Waals surface area contributed by atoms with E-state index in [1.54, 1.807) is 12.1 Å². The molecular weight excluding hydrogens is 326 g/mol. The third kappa shape index (κ3) is 3.00. The molecule has 0 N–H and O–H groups in total. The number of carbonyl (C=O) groups is 1. The molecule has 3 nitrogen and oxygen atoms in total. The third-order valence-electron chi connectivity index (χ3n) is 2.90. The van der Waals surface area contributed by atoms with Crippen LogP contribution in [0.4, 0.5) is 0 Å². The van der Waals surface area contributed by atoms with Crippen molar-refractivity contribution in [3.63, 3.8) is 0 Å². The molecule has 21 heavy (non-hydrogen) atoms. The summed E-state index contributed by atoms with van der Waals surface area (Å²) in [6.45, 7) is 0. The number of carbonyl (C=O) groups excluding carboxylic acids is 1. The maximum atomic E-state index is 11.6. The van der Waals surface area contributed by atoms with Crippen molar-refractivity contribution in [3.8, 4) is 21.8 Å². The van der Waals surface area contributed by atoms with Gasteiger partial charge in [0.1, 0.15) is 5.01 Å². The Morgan fingerprint density at radius 3 is 2.76 bits per heavy atom. The molecule has 3 aromatic rings. The van der Waals surface area contributed by atoms with Gasteiger partial charge in [-0.05, 0) is 18.2 Å². The van der Waals surface area contributed by atoms with Gasteiger partial charge in [-0.1, -0.05) is 23.7 Å². The zero-order valence-electron chi connectivity index (χ0n) is 11.0. The van der Waals surface area contributed by atoms with Crippen LogP contribution in [0.1, 0.15) is 10.4 Å². The van der Waals surface area contributed by atoms with E-state index in [2.05, 4.69) is 4.98 Å². The number of methoxy groups -OCH3 is 1. The zero-order valence-corrected chi connectivity index (χ0v) is 13.4. The summed E-state index contributed by atoms with van der Waals surface area (Å²) < 4.78 is 5.48. The number of thiazole rings is 1. The molecule has 0 fully saturated rings. The van der Waals surface area contributed by atoms with Gasteiger partial charge in [-0.25, -0.2) is 9.78 Å². The van der Waals surface area contributed by atoms with Gasteiger partial charge in [0, 0.05) is 21.9 Å². The summed E-state index contributed by atoms with van der Waals surface area (Å²) in [5.74, 6) is -0.349. The fourth-order valence-corrected chi connectivity index (χ4v) is 3.58. The van der Waals surface area contributed by atoms with Crippen molar-refractivity contribution in [1.29, 1.82) is 0 Å². The number of esters is 1. The van der Waals surface area contributed by atoms with Crippen LogP contribution in [0.25, 0.3) is 21.8 Å². The summed E-state index contributed by atoms with van der Waals surface area (Å²) in [4.78, 5) is 16.2. The Balaban J connectivity index is 1.95. The van der Waals surface area contributed by atoms with Crippen molar-refractivity contribution >= 4 is 40.2 Å². The first kappa shape index (κ1) is 14.3. The minimum absolute atomic E-state index is 0.349. The van der Waals surface area contributed by atoms with Crippen LogP contribution in [-0.4, -0.2) is 18.1 Å². The highest BCUT2D eigenvalue weighted by Crippen LogP contribution is 2.32. The molecule has 0 aliphatic heterocycles. The quantitative estimate of drug-likeness (QED) is 0.634. The van der Waals surface area contributed by atoms with Gasteiger partial charge in [-0.3, -0.25) is 0 Å². The molecule has 106 valence electrons. The highest BCUT2D eigenvalue weighted by Gasteiger charge is 2.11. The Kier molecular flexibility index (Phi) is 4.05. The summed E-state index contributed by atoms with van der Waals surface area (Å²) in [6.07, 6.45) is 0. The molecule has 0 radical (unpaired) electrons. The van der Waals surface area contributed by atoms with Crippen molar-refractivity contribution < 1.29 is 9.53 Å². The third-order valence-corrected chi connectivity index (χ3v) is 4.88. The summed E-state index contributed by atoms with van der Waals surface area (Å²) >= 11 is 8.96. The number of benzene rings is 1. The van der Waals surface area contributed by atoms with Crippen molar-refractivity contribution in [2.45, 2.75) is 0 Å². The predicted octanol–water partition coefficient (Wildman–Crippen LogP) is 4.98. The first-order valence-corrected chi connectivity index (χ1v) is 8.20. The summed E-state index contributed by atoms with van der Waals surface area (Å²) in [5, 5.41) is 4.82. The smallest absolute Gasteiger partial charge is 0.337 e. The summed E-state index contributed by atoms with van der Waals surface area (Å²) in [7, 11) is 1.37. The van der Waals surface area contributed by atoms with E-state index in [4.69, 9.17) is 16.3 Å². The van der Waals surface area contributed by atoms with E-state index in [-0.39, 0.29) is 5.97 Å². The van der Waals surface area contributed by atoms with Gasteiger partial charge in [0.15, 0.2) is 0 Å². The second-order valence-electron chi connectivity index (χ2n) is 4.25. The molecule has 2 heterocycles. The molecule has 0 saturated heterocycles. The lowest BCUT2D eigenvalue weighted by Gasteiger charge is -2.01. The molecular formula is C15H10ClNO2S2. The average Bonchev–Trinajstić information content (AvgIpc) is 3.15. The molecule has 0 amide bonds. The van der Waals surface area contributed by atoms with Crippen molar-refractivity contribution in [1.82, 2.24) is 4.98 Å². The molecule has 2 aromatic heterocycles. The Hall–Kier alpha value is -1.69. The van der Waals surface area contributed by atoms with E-state index in [1.165, 1.54) is 29.8 Å². The highest BCUT2D eigenvalue weighted by molar-refractivity contribution is 7.15. The Morgan fingerprint density at radius 1 is 1.19 bits per heavy atom. The molecule has 1 aromatic carbocycles. The first-order valence-electron chi connectivity index (χ1n) is 6.06. The van der Waals surface area contributed by atoms with Gasteiger partial charge in [-0.15, -0.1) is 22.7 Å². The highest BCUT2D eigenvalue weighted by atomic mass is 35.5. The molecule has 0 aliphatic carbocycles. The fraction of sp³-hybridized carbons (Fsp3) is 0.0667. The van der Waals surface area contributed by atoms with E-state index in [0.717, 1.165) is 26.2 Å². The maximum Gasteiger partial charge on any atom is 0.337 e. The molecule has 0 aliphatic rings.